The maximum Gasteiger partial charge on any atom is 0.213 e. The van der Waals surface area contributed by atoms with Gasteiger partial charge in [-0.05, 0) is 16.9 Å². The standard InChI is InChI=1S/C19H36N4O2S/c1-12(2)16-15-10-14(22-26(24,25)9-8-20)11-23(15)18(13(3)4)21-17(16)19(5,6)7/h12-14,17,22H,8-11,20H2,1-7H3. The molecular formula is C19H36N4O2S. The van der Waals surface area contributed by atoms with Crippen LogP contribution in [0.1, 0.15) is 54.9 Å². The second kappa shape index (κ2) is 7.60. The predicted molar refractivity (Wildman–Crippen MR) is 108 cm³/mol. The highest BCUT2D eigenvalue weighted by molar-refractivity contribution is 7.89. The van der Waals surface area contributed by atoms with Crippen LogP contribution in [0.3, 0.4) is 0 Å². The van der Waals surface area contributed by atoms with Gasteiger partial charge in [-0.25, -0.2) is 13.1 Å². The molecule has 0 aromatic heterocycles. The third-order valence-electron chi connectivity index (χ3n) is 5.03. The molecule has 2 atom stereocenters. The summed E-state index contributed by atoms with van der Waals surface area (Å²) in [4.78, 5) is 7.41. The fourth-order valence-corrected chi connectivity index (χ4v) is 5.08. The van der Waals surface area contributed by atoms with Gasteiger partial charge in [0.1, 0.15) is 5.84 Å². The molecule has 0 bridgehead atoms. The zero-order valence-corrected chi connectivity index (χ0v) is 18.2. The first kappa shape index (κ1) is 21.4. The maximum absolute atomic E-state index is 12.2. The Balaban J connectivity index is 2.44. The van der Waals surface area contributed by atoms with E-state index >= 15 is 0 Å². The van der Waals surface area contributed by atoms with Crippen molar-refractivity contribution in [1.29, 1.82) is 0 Å². The molecule has 1 saturated heterocycles. The Kier molecular flexibility index (Phi) is 6.25. The smallest absolute Gasteiger partial charge is 0.213 e. The first-order valence-electron chi connectivity index (χ1n) is 9.65. The van der Waals surface area contributed by atoms with E-state index in [-0.39, 0.29) is 29.8 Å². The van der Waals surface area contributed by atoms with Crippen LogP contribution in [0.25, 0.3) is 0 Å². The lowest BCUT2D eigenvalue weighted by molar-refractivity contribution is 0.318. The van der Waals surface area contributed by atoms with Crippen molar-refractivity contribution in [3.63, 3.8) is 0 Å². The fourth-order valence-electron chi connectivity index (χ4n) is 3.99. The summed E-state index contributed by atoms with van der Waals surface area (Å²) >= 11 is 0. The van der Waals surface area contributed by atoms with E-state index in [9.17, 15) is 8.42 Å². The average molecular weight is 385 g/mol. The van der Waals surface area contributed by atoms with Gasteiger partial charge in [0.25, 0.3) is 0 Å². The molecule has 2 heterocycles. The summed E-state index contributed by atoms with van der Waals surface area (Å²) in [6.45, 7) is 16.2. The van der Waals surface area contributed by atoms with Crippen molar-refractivity contribution < 1.29 is 8.42 Å². The molecule has 0 saturated carbocycles. The van der Waals surface area contributed by atoms with E-state index in [1.54, 1.807) is 0 Å². The van der Waals surface area contributed by atoms with Gasteiger partial charge >= 0.3 is 0 Å². The van der Waals surface area contributed by atoms with Crippen molar-refractivity contribution in [2.24, 2.45) is 28.0 Å². The molecular weight excluding hydrogens is 348 g/mol. The molecule has 0 amide bonds. The minimum atomic E-state index is -3.34. The first-order chi connectivity index (χ1) is 11.9. The quantitative estimate of drug-likeness (QED) is 0.736. The number of hydrogen-bond donors (Lipinski definition) is 2. The SMILES string of the molecule is CC(C)C1=NC(C(C)(C)C)C(C(C)C)=C2CC(NS(=O)(=O)CCN)CN12. The Hall–Kier alpha value is -0.920. The molecule has 2 unspecified atom stereocenters. The van der Waals surface area contributed by atoms with Crippen LogP contribution in [0.5, 0.6) is 0 Å². The minimum Gasteiger partial charge on any atom is -0.332 e. The number of rotatable bonds is 6. The van der Waals surface area contributed by atoms with Crippen LogP contribution in [-0.4, -0.2) is 50.1 Å². The van der Waals surface area contributed by atoms with E-state index in [1.165, 1.54) is 11.3 Å². The van der Waals surface area contributed by atoms with Crippen LogP contribution < -0.4 is 10.5 Å². The molecule has 0 aromatic rings. The monoisotopic (exact) mass is 384 g/mol. The Morgan fingerprint density at radius 1 is 1.23 bits per heavy atom. The summed E-state index contributed by atoms with van der Waals surface area (Å²) in [5.74, 6) is 1.70. The van der Waals surface area contributed by atoms with Gasteiger partial charge in [-0.1, -0.05) is 48.5 Å². The molecule has 150 valence electrons. The van der Waals surface area contributed by atoms with Gasteiger partial charge in [-0.2, -0.15) is 0 Å². The number of sulfonamides is 1. The number of aliphatic imine (C=N–C) groups is 1. The van der Waals surface area contributed by atoms with Gasteiger partial charge in [0.15, 0.2) is 0 Å². The number of nitrogens with one attached hydrogen (secondary N) is 1. The zero-order valence-electron chi connectivity index (χ0n) is 17.3. The van der Waals surface area contributed by atoms with E-state index in [2.05, 4.69) is 58.1 Å². The largest absolute Gasteiger partial charge is 0.332 e. The van der Waals surface area contributed by atoms with Gasteiger partial charge in [0, 0.05) is 37.2 Å². The highest BCUT2D eigenvalue weighted by Crippen LogP contribution is 2.42. The van der Waals surface area contributed by atoms with Crippen molar-refractivity contribution in [2.45, 2.75) is 67.0 Å². The molecule has 2 rings (SSSR count). The molecule has 0 radical (unpaired) electrons. The number of amidine groups is 1. The van der Waals surface area contributed by atoms with Crippen LogP contribution in [0.15, 0.2) is 16.3 Å². The highest BCUT2D eigenvalue weighted by Gasteiger charge is 2.42. The molecule has 0 aliphatic carbocycles. The second-order valence-electron chi connectivity index (χ2n) is 9.20. The third-order valence-corrected chi connectivity index (χ3v) is 6.49. The van der Waals surface area contributed by atoms with Crippen molar-refractivity contribution in [3.8, 4) is 0 Å². The Morgan fingerprint density at radius 2 is 1.85 bits per heavy atom. The lowest BCUT2D eigenvalue weighted by Crippen LogP contribution is -2.44. The Bertz CT molecular complexity index is 687. The van der Waals surface area contributed by atoms with Gasteiger partial charge in [0.2, 0.25) is 10.0 Å². The van der Waals surface area contributed by atoms with Crippen molar-refractivity contribution in [1.82, 2.24) is 9.62 Å². The van der Waals surface area contributed by atoms with Crippen LogP contribution in [0.2, 0.25) is 0 Å². The highest BCUT2D eigenvalue weighted by atomic mass is 32.2. The van der Waals surface area contributed by atoms with E-state index in [1.807, 2.05) is 0 Å². The van der Waals surface area contributed by atoms with E-state index in [0.717, 1.165) is 12.3 Å². The normalized spacial score (nSPS) is 24.5. The number of fused-ring (bicyclic) bond motifs is 1. The van der Waals surface area contributed by atoms with Gasteiger partial charge in [-0.3, -0.25) is 4.99 Å². The third kappa shape index (κ3) is 4.49. The predicted octanol–water partition coefficient (Wildman–Crippen LogP) is 2.33. The molecule has 3 N–H and O–H groups in total. The number of nitrogens with two attached hydrogens (primary N) is 1. The van der Waals surface area contributed by atoms with Crippen LogP contribution >= 0.6 is 0 Å². The summed E-state index contributed by atoms with van der Waals surface area (Å²) in [7, 11) is -3.34. The molecule has 2 aliphatic heterocycles. The summed E-state index contributed by atoms with van der Waals surface area (Å²) < 4.78 is 27.2. The van der Waals surface area contributed by atoms with Gasteiger partial charge < -0.3 is 10.6 Å². The lowest BCUT2D eigenvalue weighted by Gasteiger charge is -2.41. The van der Waals surface area contributed by atoms with E-state index in [4.69, 9.17) is 10.7 Å². The summed E-state index contributed by atoms with van der Waals surface area (Å²) in [6, 6.07) is 0.00326. The van der Waals surface area contributed by atoms with Crippen molar-refractivity contribution in [3.05, 3.63) is 11.3 Å². The number of nitrogens with zero attached hydrogens (tertiary/aromatic N) is 2. The first-order valence-corrected chi connectivity index (χ1v) is 11.3. The Morgan fingerprint density at radius 3 is 2.31 bits per heavy atom. The van der Waals surface area contributed by atoms with Gasteiger partial charge in [0.05, 0.1) is 11.8 Å². The molecule has 0 spiro atoms. The van der Waals surface area contributed by atoms with Crippen LogP contribution in [-0.2, 0) is 10.0 Å². The van der Waals surface area contributed by atoms with Crippen LogP contribution in [0, 0.1) is 17.3 Å². The van der Waals surface area contributed by atoms with Crippen LogP contribution in [0.4, 0.5) is 0 Å². The molecule has 7 heteroatoms. The summed E-state index contributed by atoms with van der Waals surface area (Å²) in [5.41, 5.74) is 8.07. The molecule has 6 nitrogen and oxygen atoms in total. The molecule has 2 aliphatic rings. The lowest BCUT2D eigenvalue weighted by atomic mass is 9.76. The summed E-state index contributed by atoms with van der Waals surface area (Å²) in [6.07, 6.45) is 0.718. The van der Waals surface area contributed by atoms with Crippen molar-refractivity contribution >= 4 is 15.9 Å². The molecule has 26 heavy (non-hydrogen) atoms. The van der Waals surface area contributed by atoms with Gasteiger partial charge in [-0.15, -0.1) is 0 Å². The topological polar surface area (TPSA) is 87.8 Å². The van der Waals surface area contributed by atoms with Crippen molar-refractivity contribution in [2.75, 3.05) is 18.8 Å². The average Bonchev–Trinajstić information content (AvgIpc) is 2.85. The van der Waals surface area contributed by atoms with E-state index in [0.29, 0.717) is 18.4 Å². The second-order valence-corrected chi connectivity index (χ2v) is 11.1. The molecule has 1 fully saturated rings. The maximum atomic E-state index is 12.2. The number of hydrogen-bond acceptors (Lipinski definition) is 5. The van der Waals surface area contributed by atoms with E-state index < -0.39 is 10.0 Å². The summed E-state index contributed by atoms with van der Waals surface area (Å²) in [5, 5.41) is 0. The Labute approximate surface area is 159 Å². The molecule has 0 aromatic carbocycles. The minimum absolute atomic E-state index is 0.0238. The fraction of sp³-hybridized carbons (Fsp3) is 0.842. The zero-order chi connectivity index (χ0) is 19.9.